The van der Waals surface area contributed by atoms with E-state index in [1.165, 1.54) is 0 Å². The molecule has 2 aromatic carbocycles. The molecule has 0 fully saturated rings. The number of carbonyl (C=O) groups is 4. The van der Waals surface area contributed by atoms with Gasteiger partial charge in [-0.15, -0.1) is 0 Å². The molecule has 0 radical (unpaired) electrons. The third-order valence-corrected chi connectivity index (χ3v) is 4.72. The van der Waals surface area contributed by atoms with Gasteiger partial charge in [0, 0.05) is 12.1 Å². The van der Waals surface area contributed by atoms with Gasteiger partial charge in [0.05, 0.1) is 18.9 Å². The number of imide groups is 1. The molecule has 0 aromatic heterocycles. The van der Waals surface area contributed by atoms with E-state index in [1.54, 1.807) is 24.3 Å². The molecule has 2 aromatic rings. The van der Waals surface area contributed by atoms with Gasteiger partial charge in [-0.25, -0.2) is 0 Å². The summed E-state index contributed by atoms with van der Waals surface area (Å²) in [6, 6.07) is 16.1. The van der Waals surface area contributed by atoms with Crippen LogP contribution in [0.1, 0.15) is 40.9 Å². The molecule has 0 bridgehead atoms. The van der Waals surface area contributed by atoms with Crippen LogP contribution in [0.4, 0.5) is 0 Å². The zero-order valence-electron chi connectivity index (χ0n) is 16.1. The molecule has 0 unspecified atom stereocenters. The summed E-state index contributed by atoms with van der Waals surface area (Å²) in [7, 11) is 0. The van der Waals surface area contributed by atoms with Crippen molar-refractivity contribution in [2.75, 3.05) is 13.2 Å². The quantitative estimate of drug-likeness (QED) is 0.573. The summed E-state index contributed by atoms with van der Waals surface area (Å²) >= 11 is 0. The van der Waals surface area contributed by atoms with Crippen molar-refractivity contribution in [3.63, 3.8) is 0 Å². The van der Waals surface area contributed by atoms with Crippen molar-refractivity contribution in [1.29, 1.82) is 0 Å². The molecule has 1 heterocycles. The smallest absolute Gasteiger partial charge is 0.308 e. The first kappa shape index (κ1) is 20.3. The number of fused-ring (bicyclic) bond motifs is 1. The lowest BCUT2D eigenvalue weighted by Crippen LogP contribution is -2.43. The standard InChI is InChI=1S/C22H22N2O5/c1-15(16-7-3-2-4-8-16)23-19(25)14-29-21(27)11-12-24-20(26)13-17-9-5-6-10-18(17)22(24)28/h2-10,15H,11-14H2,1H3,(H,23,25)/t15-/m1/s1. The lowest BCUT2D eigenvalue weighted by Gasteiger charge is -2.26. The molecule has 1 aliphatic heterocycles. The molecule has 0 saturated heterocycles. The minimum absolute atomic E-state index is 0.0765. The maximum Gasteiger partial charge on any atom is 0.308 e. The van der Waals surface area contributed by atoms with Crippen molar-refractivity contribution in [2.24, 2.45) is 0 Å². The van der Waals surface area contributed by atoms with E-state index in [1.807, 2.05) is 37.3 Å². The summed E-state index contributed by atoms with van der Waals surface area (Å²) in [4.78, 5) is 49.6. The molecule has 1 aliphatic rings. The van der Waals surface area contributed by atoms with E-state index in [0.717, 1.165) is 10.5 Å². The first-order valence-corrected chi connectivity index (χ1v) is 9.38. The summed E-state index contributed by atoms with van der Waals surface area (Å²) in [5.74, 6) is -1.84. The second-order valence-corrected chi connectivity index (χ2v) is 6.80. The molecule has 7 heteroatoms. The number of hydrogen-bond donors (Lipinski definition) is 1. The van der Waals surface area contributed by atoms with Crippen molar-refractivity contribution in [1.82, 2.24) is 10.2 Å². The van der Waals surface area contributed by atoms with Crippen LogP contribution in [0.5, 0.6) is 0 Å². The predicted octanol–water partition coefficient (Wildman–Crippen LogP) is 2.02. The highest BCUT2D eigenvalue weighted by atomic mass is 16.5. The number of nitrogens with one attached hydrogen (secondary N) is 1. The van der Waals surface area contributed by atoms with Crippen LogP contribution in [0, 0.1) is 0 Å². The highest BCUT2D eigenvalue weighted by Crippen LogP contribution is 2.19. The van der Waals surface area contributed by atoms with Crippen LogP contribution in [0.25, 0.3) is 0 Å². The van der Waals surface area contributed by atoms with E-state index in [0.29, 0.717) is 11.1 Å². The van der Waals surface area contributed by atoms with Crippen molar-refractivity contribution in [2.45, 2.75) is 25.8 Å². The molecule has 3 rings (SSSR count). The van der Waals surface area contributed by atoms with Crippen LogP contribution in [0.2, 0.25) is 0 Å². The van der Waals surface area contributed by atoms with Crippen LogP contribution >= 0.6 is 0 Å². The maximum atomic E-state index is 12.5. The Labute approximate surface area is 168 Å². The fourth-order valence-corrected chi connectivity index (χ4v) is 3.16. The molecule has 3 amide bonds. The number of nitrogens with zero attached hydrogens (tertiary/aromatic N) is 1. The van der Waals surface area contributed by atoms with Crippen LogP contribution in [-0.4, -0.2) is 41.7 Å². The van der Waals surface area contributed by atoms with Gasteiger partial charge in [-0.05, 0) is 24.1 Å². The van der Waals surface area contributed by atoms with Crippen LogP contribution in [0.3, 0.4) is 0 Å². The SMILES string of the molecule is C[C@@H](NC(=O)COC(=O)CCN1C(=O)Cc2ccccc2C1=O)c1ccccc1. The largest absolute Gasteiger partial charge is 0.456 e. The topological polar surface area (TPSA) is 92.8 Å². The van der Waals surface area contributed by atoms with E-state index < -0.39 is 24.4 Å². The van der Waals surface area contributed by atoms with E-state index >= 15 is 0 Å². The fraction of sp³-hybridized carbons (Fsp3) is 0.273. The van der Waals surface area contributed by atoms with Crippen LogP contribution < -0.4 is 5.32 Å². The van der Waals surface area contributed by atoms with Gasteiger partial charge in [0.25, 0.3) is 11.8 Å². The van der Waals surface area contributed by atoms with E-state index in [2.05, 4.69) is 5.32 Å². The van der Waals surface area contributed by atoms with Gasteiger partial charge in [-0.2, -0.15) is 0 Å². The number of carbonyl (C=O) groups excluding carboxylic acids is 4. The Morgan fingerprint density at radius 1 is 1.07 bits per heavy atom. The summed E-state index contributed by atoms with van der Waals surface area (Å²) in [5, 5.41) is 2.75. The number of hydrogen-bond acceptors (Lipinski definition) is 5. The van der Waals surface area contributed by atoms with Gasteiger partial charge < -0.3 is 10.1 Å². The Balaban J connectivity index is 1.45. The summed E-state index contributed by atoms with van der Waals surface area (Å²) < 4.78 is 4.97. The molecule has 1 N–H and O–H groups in total. The molecule has 0 saturated carbocycles. The summed E-state index contributed by atoms with van der Waals surface area (Å²) in [5.41, 5.74) is 2.09. The molecular formula is C22H22N2O5. The number of ether oxygens (including phenoxy) is 1. The third-order valence-electron chi connectivity index (χ3n) is 4.72. The van der Waals surface area contributed by atoms with E-state index in [-0.39, 0.29) is 31.3 Å². The lowest BCUT2D eigenvalue weighted by atomic mass is 9.98. The number of benzene rings is 2. The zero-order chi connectivity index (χ0) is 20.8. The molecule has 29 heavy (non-hydrogen) atoms. The van der Waals surface area contributed by atoms with Gasteiger partial charge in [0.2, 0.25) is 5.91 Å². The highest BCUT2D eigenvalue weighted by molar-refractivity contribution is 6.09. The number of amides is 3. The van der Waals surface area contributed by atoms with Gasteiger partial charge in [-0.3, -0.25) is 24.1 Å². The molecule has 7 nitrogen and oxygen atoms in total. The molecule has 1 atom stereocenters. The third kappa shape index (κ3) is 5.07. The van der Waals surface area contributed by atoms with Gasteiger partial charge >= 0.3 is 5.97 Å². The van der Waals surface area contributed by atoms with Crippen molar-refractivity contribution < 1.29 is 23.9 Å². The van der Waals surface area contributed by atoms with E-state index in [9.17, 15) is 19.2 Å². The highest BCUT2D eigenvalue weighted by Gasteiger charge is 2.30. The first-order chi connectivity index (χ1) is 14.0. The van der Waals surface area contributed by atoms with Crippen LogP contribution in [-0.2, 0) is 25.5 Å². The number of esters is 1. The zero-order valence-corrected chi connectivity index (χ0v) is 16.1. The minimum Gasteiger partial charge on any atom is -0.456 e. The maximum absolute atomic E-state index is 12.5. The molecular weight excluding hydrogens is 372 g/mol. The Morgan fingerprint density at radius 3 is 2.52 bits per heavy atom. The Morgan fingerprint density at radius 2 is 1.76 bits per heavy atom. The summed E-state index contributed by atoms with van der Waals surface area (Å²) in [6.07, 6.45) is -0.0437. The Hall–Kier alpha value is -3.48. The first-order valence-electron chi connectivity index (χ1n) is 9.38. The van der Waals surface area contributed by atoms with Crippen molar-refractivity contribution >= 4 is 23.7 Å². The molecule has 0 spiro atoms. The fourth-order valence-electron chi connectivity index (χ4n) is 3.16. The Kier molecular flexibility index (Phi) is 6.39. The second kappa shape index (κ2) is 9.14. The lowest BCUT2D eigenvalue weighted by molar-refractivity contribution is -0.149. The number of rotatable bonds is 7. The Bertz CT molecular complexity index is 926. The molecule has 150 valence electrons. The minimum atomic E-state index is -0.646. The van der Waals surface area contributed by atoms with Crippen molar-refractivity contribution in [3.05, 3.63) is 71.3 Å². The monoisotopic (exact) mass is 394 g/mol. The van der Waals surface area contributed by atoms with Crippen molar-refractivity contribution in [3.8, 4) is 0 Å². The second-order valence-electron chi connectivity index (χ2n) is 6.80. The average molecular weight is 394 g/mol. The average Bonchev–Trinajstić information content (AvgIpc) is 2.72. The van der Waals surface area contributed by atoms with Gasteiger partial charge in [0.15, 0.2) is 6.61 Å². The van der Waals surface area contributed by atoms with Gasteiger partial charge in [-0.1, -0.05) is 48.5 Å². The summed E-state index contributed by atoms with van der Waals surface area (Å²) in [6.45, 7) is 1.34. The molecule has 0 aliphatic carbocycles. The van der Waals surface area contributed by atoms with Gasteiger partial charge in [0.1, 0.15) is 0 Å². The van der Waals surface area contributed by atoms with Crippen LogP contribution in [0.15, 0.2) is 54.6 Å². The predicted molar refractivity (Wildman–Crippen MR) is 105 cm³/mol. The normalized spacial score (nSPS) is 14.2. The van der Waals surface area contributed by atoms with E-state index in [4.69, 9.17) is 4.74 Å².